The topological polar surface area (TPSA) is 65.2 Å². The quantitative estimate of drug-likeness (QED) is 0.540. The smallest absolute Gasteiger partial charge is 0.308 e. The number of aromatic nitrogens is 2. The van der Waals surface area contributed by atoms with Gasteiger partial charge in [0.25, 0.3) is 5.89 Å². The minimum atomic E-state index is -0.398. The SMILES string of the molecule is CC(=O)Oc1ccccc1-c1nc(/C=C/c2cccs2)no1. The normalized spacial score (nSPS) is 11.0. The van der Waals surface area contributed by atoms with E-state index in [2.05, 4.69) is 10.1 Å². The van der Waals surface area contributed by atoms with Crippen molar-refractivity contribution < 1.29 is 14.1 Å². The molecule has 0 aliphatic heterocycles. The van der Waals surface area contributed by atoms with Crippen molar-refractivity contribution in [3.63, 3.8) is 0 Å². The molecule has 6 heteroatoms. The van der Waals surface area contributed by atoms with Gasteiger partial charge in [-0.1, -0.05) is 23.4 Å². The highest BCUT2D eigenvalue weighted by molar-refractivity contribution is 7.10. The van der Waals surface area contributed by atoms with Gasteiger partial charge in [-0.2, -0.15) is 4.98 Å². The number of carbonyl (C=O) groups excluding carboxylic acids is 1. The maximum atomic E-state index is 11.1. The zero-order valence-electron chi connectivity index (χ0n) is 11.7. The highest BCUT2D eigenvalue weighted by atomic mass is 32.1. The summed E-state index contributed by atoms with van der Waals surface area (Å²) in [6, 6.07) is 11.0. The lowest BCUT2D eigenvalue weighted by atomic mass is 10.2. The fourth-order valence-corrected chi connectivity index (χ4v) is 2.46. The maximum absolute atomic E-state index is 11.1. The third-order valence-corrected chi connectivity index (χ3v) is 3.59. The fraction of sp³-hybridized carbons (Fsp3) is 0.0625. The predicted octanol–water partition coefficient (Wildman–Crippen LogP) is 3.89. The first-order chi connectivity index (χ1) is 10.7. The lowest BCUT2D eigenvalue weighted by Crippen LogP contribution is -2.02. The molecule has 0 aliphatic carbocycles. The van der Waals surface area contributed by atoms with E-state index in [0.717, 1.165) is 4.88 Å². The van der Waals surface area contributed by atoms with Gasteiger partial charge in [0, 0.05) is 11.8 Å². The van der Waals surface area contributed by atoms with Gasteiger partial charge in [-0.25, -0.2) is 0 Å². The summed E-state index contributed by atoms with van der Waals surface area (Å²) in [5.74, 6) is 0.765. The molecule has 0 radical (unpaired) electrons. The lowest BCUT2D eigenvalue weighted by Gasteiger charge is -2.04. The summed E-state index contributed by atoms with van der Waals surface area (Å²) in [6.07, 6.45) is 3.69. The van der Waals surface area contributed by atoms with Gasteiger partial charge < -0.3 is 9.26 Å². The third kappa shape index (κ3) is 3.29. The molecule has 0 fully saturated rings. The molecule has 0 spiro atoms. The van der Waals surface area contributed by atoms with Crippen LogP contribution in [0.4, 0.5) is 0 Å². The second kappa shape index (κ2) is 6.36. The number of hydrogen-bond donors (Lipinski definition) is 0. The fourth-order valence-electron chi connectivity index (χ4n) is 1.84. The van der Waals surface area contributed by atoms with Crippen LogP contribution in [0.1, 0.15) is 17.6 Å². The van der Waals surface area contributed by atoms with Crippen molar-refractivity contribution >= 4 is 29.5 Å². The molecule has 0 amide bonds. The van der Waals surface area contributed by atoms with Crippen LogP contribution in [0, 0.1) is 0 Å². The largest absolute Gasteiger partial charge is 0.426 e. The summed E-state index contributed by atoms with van der Waals surface area (Å²) >= 11 is 1.62. The number of benzene rings is 1. The molecule has 0 saturated carbocycles. The number of para-hydroxylation sites is 1. The Labute approximate surface area is 130 Å². The van der Waals surface area contributed by atoms with Gasteiger partial charge in [0.05, 0.1) is 5.56 Å². The van der Waals surface area contributed by atoms with Crippen molar-refractivity contribution in [2.24, 2.45) is 0 Å². The Morgan fingerprint density at radius 2 is 2.09 bits per heavy atom. The number of thiophene rings is 1. The van der Waals surface area contributed by atoms with Gasteiger partial charge in [0.1, 0.15) is 5.75 Å². The van der Waals surface area contributed by atoms with Gasteiger partial charge in [-0.05, 0) is 35.7 Å². The van der Waals surface area contributed by atoms with E-state index in [1.54, 1.807) is 35.6 Å². The van der Waals surface area contributed by atoms with Crippen LogP contribution < -0.4 is 4.74 Å². The van der Waals surface area contributed by atoms with Gasteiger partial charge in [0.2, 0.25) is 0 Å². The van der Waals surface area contributed by atoms with E-state index in [4.69, 9.17) is 9.26 Å². The minimum absolute atomic E-state index is 0.308. The summed E-state index contributed by atoms with van der Waals surface area (Å²) in [7, 11) is 0. The van der Waals surface area contributed by atoms with Gasteiger partial charge in [-0.3, -0.25) is 4.79 Å². The van der Waals surface area contributed by atoms with Crippen molar-refractivity contribution in [3.05, 3.63) is 52.5 Å². The molecule has 3 rings (SSSR count). The first-order valence-electron chi connectivity index (χ1n) is 6.55. The number of ether oxygens (including phenoxy) is 1. The summed E-state index contributed by atoms with van der Waals surface area (Å²) in [5, 5.41) is 5.90. The average Bonchev–Trinajstić information content (AvgIpc) is 3.17. The van der Waals surface area contributed by atoms with E-state index in [1.807, 2.05) is 29.7 Å². The molecule has 3 aromatic rings. The second-order valence-corrected chi connectivity index (χ2v) is 5.38. The van der Waals surface area contributed by atoms with Crippen LogP contribution in [-0.2, 0) is 4.79 Å². The standard InChI is InChI=1S/C16H12N2O3S/c1-11(19)20-14-7-3-2-6-13(14)16-17-15(18-21-16)9-8-12-5-4-10-22-12/h2-10H,1H3/b9-8+. The Kier molecular flexibility index (Phi) is 4.11. The molecule has 22 heavy (non-hydrogen) atoms. The van der Waals surface area contributed by atoms with E-state index in [-0.39, 0.29) is 0 Å². The molecule has 1 aromatic carbocycles. The molecule has 0 atom stereocenters. The molecule has 0 saturated heterocycles. The first kappa shape index (κ1) is 14.2. The van der Waals surface area contributed by atoms with Crippen molar-refractivity contribution in [3.8, 4) is 17.2 Å². The van der Waals surface area contributed by atoms with Crippen LogP contribution in [0.15, 0.2) is 46.3 Å². The van der Waals surface area contributed by atoms with Crippen LogP contribution >= 0.6 is 11.3 Å². The van der Waals surface area contributed by atoms with Gasteiger partial charge in [0.15, 0.2) is 5.82 Å². The van der Waals surface area contributed by atoms with Crippen LogP contribution in [0.3, 0.4) is 0 Å². The minimum Gasteiger partial charge on any atom is -0.426 e. The number of carbonyl (C=O) groups is 1. The van der Waals surface area contributed by atoms with Crippen LogP contribution in [-0.4, -0.2) is 16.1 Å². The van der Waals surface area contributed by atoms with E-state index in [9.17, 15) is 4.79 Å². The highest BCUT2D eigenvalue weighted by Crippen LogP contribution is 2.28. The summed E-state index contributed by atoms with van der Waals surface area (Å²) in [4.78, 5) is 16.5. The Morgan fingerprint density at radius 3 is 2.86 bits per heavy atom. The zero-order valence-corrected chi connectivity index (χ0v) is 12.5. The van der Waals surface area contributed by atoms with Crippen LogP contribution in [0.25, 0.3) is 23.6 Å². The lowest BCUT2D eigenvalue weighted by molar-refractivity contribution is -0.131. The van der Waals surface area contributed by atoms with Crippen molar-refractivity contribution in [2.75, 3.05) is 0 Å². The zero-order chi connectivity index (χ0) is 15.4. The van der Waals surface area contributed by atoms with Gasteiger partial charge in [-0.15, -0.1) is 11.3 Å². The average molecular weight is 312 g/mol. The van der Waals surface area contributed by atoms with Crippen LogP contribution in [0.2, 0.25) is 0 Å². The van der Waals surface area contributed by atoms with Crippen molar-refractivity contribution in [1.82, 2.24) is 10.1 Å². The van der Waals surface area contributed by atoms with Crippen LogP contribution in [0.5, 0.6) is 5.75 Å². The first-order valence-corrected chi connectivity index (χ1v) is 7.43. The monoisotopic (exact) mass is 312 g/mol. The molecule has 5 nitrogen and oxygen atoms in total. The summed E-state index contributed by atoms with van der Waals surface area (Å²) in [5.41, 5.74) is 0.584. The maximum Gasteiger partial charge on any atom is 0.308 e. The van der Waals surface area contributed by atoms with Crippen molar-refractivity contribution in [1.29, 1.82) is 0 Å². The number of nitrogens with zero attached hydrogens (tertiary/aromatic N) is 2. The molecule has 0 bridgehead atoms. The number of esters is 1. The van der Waals surface area contributed by atoms with E-state index in [0.29, 0.717) is 23.0 Å². The molecule has 0 N–H and O–H groups in total. The Balaban J connectivity index is 1.86. The third-order valence-electron chi connectivity index (χ3n) is 2.75. The van der Waals surface area contributed by atoms with E-state index in [1.165, 1.54) is 6.92 Å². The molecule has 2 heterocycles. The molecule has 2 aromatic heterocycles. The molecular formula is C16H12N2O3S. The molecular weight excluding hydrogens is 300 g/mol. The number of hydrogen-bond acceptors (Lipinski definition) is 6. The molecule has 0 aliphatic rings. The summed E-state index contributed by atoms with van der Waals surface area (Å²) < 4.78 is 10.4. The number of rotatable bonds is 4. The molecule has 0 unspecified atom stereocenters. The Hall–Kier alpha value is -2.73. The Morgan fingerprint density at radius 1 is 1.23 bits per heavy atom. The summed E-state index contributed by atoms with van der Waals surface area (Å²) in [6.45, 7) is 1.35. The predicted molar refractivity (Wildman–Crippen MR) is 84.3 cm³/mol. The van der Waals surface area contributed by atoms with E-state index < -0.39 is 5.97 Å². The van der Waals surface area contributed by atoms with E-state index >= 15 is 0 Å². The van der Waals surface area contributed by atoms with Crippen molar-refractivity contribution in [2.45, 2.75) is 6.92 Å². The molecule has 110 valence electrons. The van der Waals surface area contributed by atoms with Gasteiger partial charge >= 0.3 is 5.97 Å². The highest BCUT2D eigenvalue weighted by Gasteiger charge is 2.13. The Bertz CT molecular complexity index is 806. The second-order valence-electron chi connectivity index (χ2n) is 4.40.